The molecule has 0 aliphatic heterocycles. The lowest BCUT2D eigenvalue weighted by Gasteiger charge is -2.23. The van der Waals surface area contributed by atoms with Crippen LogP contribution in [-0.2, 0) is 19.2 Å². The SMILES string of the molecule is CCCCCCCC(=O)NC(C)C(=O)NC(C(=O)NCC(=O)O)C(C)C. The van der Waals surface area contributed by atoms with Gasteiger partial charge in [0.05, 0.1) is 0 Å². The third-order valence-corrected chi connectivity index (χ3v) is 3.94. The molecule has 0 bridgehead atoms. The van der Waals surface area contributed by atoms with Gasteiger partial charge < -0.3 is 21.1 Å². The predicted molar refractivity (Wildman–Crippen MR) is 98.4 cm³/mol. The number of carbonyl (C=O) groups is 4. The van der Waals surface area contributed by atoms with Crippen molar-refractivity contribution in [1.29, 1.82) is 0 Å². The molecule has 3 amide bonds. The van der Waals surface area contributed by atoms with Crippen LogP contribution in [0.5, 0.6) is 0 Å². The molecule has 0 heterocycles. The lowest BCUT2D eigenvalue weighted by molar-refractivity contribution is -0.138. The molecule has 2 atom stereocenters. The maximum absolute atomic E-state index is 12.2. The summed E-state index contributed by atoms with van der Waals surface area (Å²) >= 11 is 0. The molecule has 0 rings (SSSR count). The Balaban J connectivity index is 4.39. The van der Waals surface area contributed by atoms with Gasteiger partial charge >= 0.3 is 5.97 Å². The summed E-state index contributed by atoms with van der Waals surface area (Å²) in [6, 6.07) is -1.64. The van der Waals surface area contributed by atoms with Crippen LogP contribution < -0.4 is 16.0 Å². The maximum atomic E-state index is 12.2. The number of nitrogens with one attached hydrogen (secondary N) is 3. The standard InChI is InChI=1S/C18H33N3O5/c1-5-6-7-8-9-10-14(22)20-13(4)17(25)21-16(12(2)3)18(26)19-11-15(23)24/h12-13,16H,5-11H2,1-4H3,(H,19,26)(H,20,22)(H,21,25)(H,23,24). The van der Waals surface area contributed by atoms with Gasteiger partial charge in [0.25, 0.3) is 0 Å². The normalized spacial score (nSPS) is 13.0. The van der Waals surface area contributed by atoms with Crippen molar-refractivity contribution in [3.8, 4) is 0 Å². The smallest absolute Gasteiger partial charge is 0.322 e. The van der Waals surface area contributed by atoms with Gasteiger partial charge in [0.15, 0.2) is 0 Å². The molecule has 0 radical (unpaired) electrons. The van der Waals surface area contributed by atoms with E-state index in [4.69, 9.17) is 5.11 Å². The summed E-state index contributed by atoms with van der Waals surface area (Å²) in [5, 5.41) is 16.1. The highest BCUT2D eigenvalue weighted by Gasteiger charge is 2.26. The van der Waals surface area contributed by atoms with Gasteiger partial charge in [-0.25, -0.2) is 0 Å². The van der Waals surface area contributed by atoms with Crippen LogP contribution in [0.1, 0.15) is 66.2 Å². The Morgan fingerprint density at radius 2 is 1.50 bits per heavy atom. The topological polar surface area (TPSA) is 125 Å². The fraction of sp³-hybridized carbons (Fsp3) is 0.778. The Morgan fingerprint density at radius 3 is 2.04 bits per heavy atom. The van der Waals surface area contributed by atoms with E-state index in [2.05, 4.69) is 22.9 Å². The number of rotatable bonds is 13. The highest BCUT2D eigenvalue weighted by molar-refractivity contribution is 5.92. The van der Waals surface area contributed by atoms with Crippen LogP contribution in [0, 0.1) is 5.92 Å². The summed E-state index contributed by atoms with van der Waals surface area (Å²) in [5.74, 6) is -2.62. The first kappa shape index (κ1) is 23.9. The van der Waals surface area contributed by atoms with E-state index in [1.807, 2.05) is 0 Å². The lowest BCUT2D eigenvalue weighted by atomic mass is 10.0. The number of hydrogen-bond acceptors (Lipinski definition) is 4. The molecule has 0 aliphatic carbocycles. The molecule has 150 valence electrons. The lowest BCUT2D eigenvalue weighted by Crippen LogP contribution is -2.55. The average Bonchev–Trinajstić information content (AvgIpc) is 2.56. The molecule has 0 saturated carbocycles. The summed E-state index contributed by atoms with van der Waals surface area (Å²) in [7, 11) is 0. The second kappa shape index (κ2) is 13.1. The van der Waals surface area contributed by atoms with E-state index in [9.17, 15) is 19.2 Å². The van der Waals surface area contributed by atoms with Crippen molar-refractivity contribution in [2.24, 2.45) is 5.92 Å². The van der Waals surface area contributed by atoms with Crippen molar-refractivity contribution in [2.75, 3.05) is 6.54 Å². The zero-order valence-electron chi connectivity index (χ0n) is 16.3. The van der Waals surface area contributed by atoms with Crippen molar-refractivity contribution in [3.05, 3.63) is 0 Å². The molecule has 8 heteroatoms. The Bertz CT molecular complexity index is 479. The van der Waals surface area contributed by atoms with Crippen LogP contribution >= 0.6 is 0 Å². The summed E-state index contributed by atoms with van der Waals surface area (Å²) in [4.78, 5) is 46.7. The van der Waals surface area contributed by atoms with Gasteiger partial charge in [-0.05, 0) is 19.3 Å². The number of aliphatic carboxylic acids is 1. The van der Waals surface area contributed by atoms with E-state index in [0.717, 1.165) is 32.1 Å². The number of carboxylic acid groups (broad SMARTS) is 1. The highest BCUT2D eigenvalue weighted by atomic mass is 16.4. The Morgan fingerprint density at radius 1 is 0.885 bits per heavy atom. The van der Waals surface area contributed by atoms with Crippen LogP contribution in [-0.4, -0.2) is 47.4 Å². The fourth-order valence-corrected chi connectivity index (χ4v) is 2.35. The van der Waals surface area contributed by atoms with Gasteiger partial charge in [-0.2, -0.15) is 0 Å². The van der Waals surface area contributed by atoms with E-state index in [0.29, 0.717) is 6.42 Å². The quantitative estimate of drug-likeness (QED) is 0.362. The van der Waals surface area contributed by atoms with Crippen molar-refractivity contribution in [2.45, 2.75) is 78.3 Å². The van der Waals surface area contributed by atoms with E-state index in [1.54, 1.807) is 20.8 Å². The van der Waals surface area contributed by atoms with E-state index in [1.165, 1.54) is 0 Å². The van der Waals surface area contributed by atoms with Gasteiger partial charge in [0, 0.05) is 6.42 Å². The van der Waals surface area contributed by atoms with E-state index >= 15 is 0 Å². The number of carboxylic acids is 1. The van der Waals surface area contributed by atoms with Crippen molar-refractivity contribution < 1.29 is 24.3 Å². The molecule has 0 spiro atoms. The van der Waals surface area contributed by atoms with Crippen molar-refractivity contribution in [3.63, 3.8) is 0 Å². The maximum Gasteiger partial charge on any atom is 0.322 e. The molecule has 0 aromatic heterocycles. The first-order valence-corrected chi connectivity index (χ1v) is 9.28. The van der Waals surface area contributed by atoms with Crippen molar-refractivity contribution in [1.82, 2.24) is 16.0 Å². The minimum Gasteiger partial charge on any atom is -0.480 e. The molecule has 2 unspecified atom stereocenters. The van der Waals surface area contributed by atoms with Gasteiger partial charge in [0.1, 0.15) is 18.6 Å². The third-order valence-electron chi connectivity index (χ3n) is 3.94. The van der Waals surface area contributed by atoms with Crippen molar-refractivity contribution >= 4 is 23.7 Å². The average molecular weight is 371 g/mol. The number of carbonyl (C=O) groups excluding carboxylic acids is 3. The fourth-order valence-electron chi connectivity index (χ4n) is 2.35. The molecule has 0 fully saturated rings. The molecule has 0 aliphatic rings. The summed E-state index contributed by atoms with van der Waals surface area (Å²) < 4.78 is 0. The molecule has 8 nitrogen and oxygen atoms in total. The number of hydrogen-bond donors (Lipinski definition) is 4. The van der Waals surface area contributed by atoms with Gasteiger partial charge in [-0.1, -0.05) is 46.5 Å². The largest absolute Gasteiger partial charge is 0.480 e. The van der Waals surface area contributed by atoms with Crippen LogP contribution in [0.4, 0.5) is 0 Å². The molecule has 0 aromatic carbocycles. The minimum absolute atomic E-state index is 0.194. The summed E-state index contributed by atoms with van der Waals surface area (Å²) in [5.41, 5.74) is 0. The molecular formula is C18H33N3O5. The first-order valence-electron chi connectivity index (χ1n) is 9.28. The van der Waals surface area contributed by atoms with Crippen LogP contribution in [0.2, 0.25) is 0 Å². The molecule has 0 saturated heterocycles. The second-order valence-electron chi connectivity index (χ2n) is 6.80. The molecular weight excluding hydrogens is 338 g/mol. The predicted octanol–water partition coefficient (Wildman–Crippen LogP) is 1.19. The summed E-state index contributed by atoms with van der Waals surface area (Å²) in [6.45, 7) is 6.65. The molecule has 4 N–H and O–H groups in total. The second-order valence-corrected chi connectivity index (χ2v) is 6.80. The summed E-state index contributed by atoms with van der Waals surface area (Å²) in [6.07, 6.45) is 5.53. The molecule has 26 heavy (non-hydrogen) atoms. The van der Waals surface area contributed by atoms with Crippen LogP contribution in [0.25, 0.3) is 0 Å². The number of unbranched alkanes of at least 4 members (excludes halogenated alkanes) is 4. The van der Waals surface area contributed by atoms with Gasteiger partial charge in [0.2, 0.25) is 17.7 Å². The van der Waals surface area contributed by atoms with E-state index < -0.39 is 36.4 Å². The Hall–Kier alpha value is -2.12. The van der Waals surface area contributed by atoms with Crippen LogP contribution in [0.15, 0.2) is 0 Å². The van der Waals surface area contributed by atoms with Crippen LogP contribution in [0.3, 0.4) is 0 Å². The first-order chi connectivity index (χ1) is 12.2. The highest BCUT2D eigenvalue weighted by Crippen LogP contribution is 2.05. The minimum atomic E-state index is -1.16. The third kappa shape index (κ3) is 10.7. The molecule has 0 aromatic rings. The monoisotopic (exact) mass is 371 g/mol. The van der Waals surface area contributed by atoms with Gasteiger partial charge in [-0.3, -0.25) is 19.2 Å². The van der Waals surface area contributed by atoms with E-state index in [-0.39, 0.29) is 11.8 Å². The Kier molecular flexibility index (Phi) is 12.1. The Labute approximate surface area is 155 Å². The van der Waals surface area contributed by atoms with Gasteiger partial charge in [-0.15, -0.1) is 0 Å². The zero-order chi connectivity index (χ0) is 20.1. The zero-order valence-corrected chi connectivity index (χ0v) is 16.3. The number of amides is 3.